The Morgan fingerprint density at radius 1 is 1.10 bits per heavy atom. The number of rotatable bonds is 3. The molecule has 20 heavy (non-hydrogen) atoms. The van der Waals surface area contributed by atoms with Crippen molar-refractivity contribution in [2.45, 2.75) is 6.54 Å². The van der Waals surface area contributed by atoms with Gasteiger partial charge in [-0.15, -0.1) is 5.10 Å². The highest BCUT2D eigenvalue weighted by Gasteiger charge is 2.00. The molecule has 3 aromatic rings. The fourth-order valence-electron chi connectivity index (χ4n) is 2.01. The Bertz CT molecular complexity index is 791. The number of aromatic nitrogens is 3. The van der Waals surface area contributed by atoms with E-state index in [9.17, 15) is 0 Å². The number of fused-ring (bicyclic) bond motifs is 1. The second-order valence-corrected chi connectivity index (χ2v) is 4.40. The molecule has 0 bridgehead atoms. The molecule has 0 amide bonds. The van der Waals surface area contributed by atoms with Crippen molar-refractivity contribution in [1.82, 2.24) is 15.0 Å². The van der Waals surface area contributed by atoms with Crippen LogP contribution >= 0.6 is 0 Å². The Morgan fingerprint density at radius 3 is 2.70 bits per heavy atom. The second-order valence-electron chi connectivity index (χ2n) is 4.40. The quantitative estimate of drug-likeness (QED) is 0.727. The Labute approximate surface area is 116 Å². The van der Waals surface area contributed by atoms with E-state index in [4.69, 9.17) is 5.26 Å². The van der Waals surface area contributed by atoms with Gasteiger partial charge in [0.1, 0.15) is 5.52 Å². The van der Waals surface area contributed by atoms with Gasteiger partial charge in [-0.05, 0) is 29.8 Å². The van der Waals surface area contributed by atoms with Gasteiger partial charge < -0.3 is 0 Å². The van der Waals surface area contributed by atoms with Crippen molar-refractivity contribution in [3.63, 3.8) is 0 Å². The first-order chi connectivity index (χ1) is 9.86. The molecule has 0 saturated carbocycles. The molecule has 3 rings (SSSR count). The minimum Gasteiger partial charge on any atom is -0.241 e. The van der Waals surface area contributed by atoms with Crippen LogP contribution in [0.25, 0.3) is 17.1 Å². The molecule has 0 saturated heterocycles. The summed E-state index contributed by atoms with van der Waals surface area (Å²) >= 11 is 0. The molecule has 4 nitrogen and oxygen atoms in total. The highest BCUT2D eigenvalue weighted by atomic mass is 15.4. The van der Waals surface area contributed by atoms with E-state index < -0.39 is 0 Å². The van der Waals surface area contributed by atoms with E-state index in [0.717, 1.165) is 16.6 Å². The van der Waals surface area contributed by atoms with E-state index in [1.165, 1.54) is 0 Å². The second kappa shape index (κ2) is 5.37. The third-order valence-corrected chi connectivity index (χ3v) is 3.05. The number of nitriles is 1. The summed E-state index contributed by atoms with van der Waals surface area (Å²) in [5.74, 6) is 0. The van der Waals surface area contributed by atoms with Gasteiger partial charge >= 0.3 is 0 Å². The lowest BCUT2D eigenvalue weighted by Gasteiger charge is -1.97. The third-order valence-electron chi connectivity index (χ3n) is 3.05. The maximum absolute atomic E-state index is 8.74. The molecular weight excluding hydrogens is 248 g/mol. The van der Waals surface area contributed by atoms with Crippen LogP contribution in [-0.2, 0) is 6.54 Å². The number of benzene rings is 2. The van der Waals surface area contributed by atoms with Gasteiger partial charge in [-0.2, -0.15) is 5.26 Å². The summed E-state index contributed by atoms with van der Waals surface area (Å²) in [5.41, 5.74) is 3.66. The lowest BCUT2D eigenvalue weighted by Crippen LogP contribution is -1.97. The lowest BCUT2D eigenvalue weighted by atomic mass is 10.1. The lowest BCUT2D eigenvalue weighted by molar-refractivity contribution is 0.683. The molecule has 96 valence electrons. The highest BCUT2D eigenvalue weighted by molar-refractivity contribution is 5.73. The first-order valence-electron chi connectivity index (χ1n) is 6.32. The van der Waals surface area contributed by atoms with Gasteiger partial charge in [0.05, 0.1) is 23.7 Å². The van der Waals surface area contributed by atoms with Gasteiger partial charge in [0.25, 0.3) is 0 Å². The van der Waals surface area contributed by atoms with Crippen LogP contribution < -0.4 is 0 Å². The van der Waals surface area contributed by atoms with E-state index in [0.29, 0.717) is 12.1 Å². The molecule has 1 heterocycles. The average molecular weight is 260 g/mol. The van der Waals surface area contributed by atoms with Gasteiger partial charge in [-0.25, -0.2) is 4.68 Å². The van der Waals surface area contributed by atoms with Crippen LogP contribution in [0.2, 0.25) is 0 Å². The zero-order valence-corrected chi connectivity index (χ0v) is 10.8. The van der Waals surface area contributed by atoms with Gasteiger partial charge in [0, 0.05) is 0 Å². The Kier molecular flexibility index (Phi) is 3.25. The number of nitrogens with zero attached hydrogens (tertiary/aromatic N) is 4. The summed E-state index contributed by atoms with van der Waals surface area (Å²) in [4.78, 5) is 0. The van der Waals surface area contributed by atoms with Crippen molar-refractivity contribution in [3.8, 4) is 6.07 Å². The molecular formula is C16H12N4. The van der Waals surface area contributed by atoms with E-state index >= 15 is 0 Å². The van der Waals surface area contributed by atoms with Crippen LogP contribution in [0.4, 0.5) is 0 Å². The number of para-hydroxylation sites is 1. The van der Waals surface area contributed by atoms with Gasteiger partial charge in [0.15, 0.2) is 0 Å². The van der Waals surface area contributed by atoms with E-state index in [1.807, 2.05) is 65.4 Å². The zero-order chi connectivity index (χ0) is 13.8. The summed E-state index contributed by atoms with van der Waals surface area (Å²) in [6, 6.07) is 17.5. The molecule has 2 aromatic carbocycles. The minimum absolute atomic E-state index is 0.667. The fourth-order valence-corrected chi connectivity index (χ4v) is 2.01. The molecule has 0 radical (unpaired) electrons. The van der Waals surface area contributed by atoms with Crippen molar-refractivity contribution in [3.05, 3.63) is 65.7 Å². The predicted octanol–water partition coefficient (Wildman–Crippen LogP) is 3.02. The number of allylic oxidation sites excluding steroid dienone is 1. The first-order valence-corrected chi connectivity index (χ1v) is 6.32. The SMILES string of the molecule is N#Cc1ccc(/C=C/Cn2nnc3ccccc32)cc1. The van der Waals surface area contributed by atoms with Gasteiger partial charge in [0.2, 0.25) is 0 Å². The molecule has 0 spiro atoms. The smallest absolute Gasteiger partial charge is 0.113 e. The van der Waals surface area contributed by atoms with Crippen molar-refractivity contribution < 1.29 is 0 Å². The monoisotopic (exact) mass is 260 g/mol. The molecule has 0 atom stereocenters. The normalized spacial score (nSPS) is 10.9. The first kappa shape index (κ1) is 12.1. The van der Waals surface area contributed by atoms with E-state index in [2.05, 4.69) is 16.4 Å². The predicted molar refractivity (Wildman–Crippen MR) is 77.7 cm³/mol. The topological polar surface area (TPSA) is 54.5 Å². The Hall–Kier alpha value is -2.93. The minimum atomic E-state index is 0.667. The van der Waals surface area contributed by atoms with Gasteiger partial charge in [-0.3, -0.25) is 0 Å². The van der Waals surface area contributed by atoms with Crippen LogP contribution in [0, 0.1) is 11.3 Å². The average Bonchev–Trinajstić information content (AvgIpc) is 2.92. The van der Waals surface area contributed by atoms with Crippen molar-refractivity contribution in [2.24, 2.45) is 0 Å². The highest BCUT2D eigenvalue weighted by Crippen LogP contribution is 2.10. The fraction of sp³-hybridized carbons (Fsp3) is 0.0625. The number of hydrogen-bond donors (Lipinski definition) is 0. The van der Waals surface area contributed by atoms with Crippen LogP contribution in [0.3, 0.4) is 0 Å². The summed E-state index contributed by atoms with van der Waals surface area (Å²) in [6.45, 7) is 0.667. The molecule has 0 aliphatic heterocycles. The van der Waals surface area contributed by atoms with Crippen LogP contribution in [0.5, 0.6) is 0 Å². The molecule has 4 heteroatoms. The molecule has 0 aliphatic carbocycles. The zero-order valence-electron chi connectivity index (χ0n) is 10.8. The summed E-state index contributed by atoms with van der Waals surface area (Å²) in [5, 5.41) is 17.0. The number of hydrogen-bond acceptors (Lipinski definition) is 3. The maximum Gasteiger partial charge on any atom is 0.113 e. The Balaban J connectivity index is 1.75. The van der Waals surface area contributed by atoms with Crippen LogP contribution in [-0.4, -0.2) is 15.0 Å². The third kappa shape index (κ3) is 2.43. The molecule has 0 fully saturated rings. The van der Waals surface area contributed by atoms with Gasteiger partial charge in [-0.1, -0.05) is 41.6 Å². The van der Waals surface area contributed by atoms with E-state index in [1.54, 1.807) is 0 Å². The van der Waals surface area contributed by atoms with Crippen molar-refractivity contribution in [1.29, 1.82) is 5.26 Å². The standard InChI is InChI=1S/C16H12N4/c17-12-14-9-7-13(8-10-14)4-3-11-20-16-6-2-1-5-15(16)18-19-20/h1-10H,11H2/b4-3+. The van der Waals surface area contributed by atoms with Crippen LogP contribution in [0.1, 0.15) is 11.1 Å². The maximum atomic E-state index is 8.74. The molecule has 0 N–H and O–H groups in total. The van der Waals surface area contributed by atoms with Crippen molar-refractivity contribution in [2.75, 3.05) is 0 Å². The van der Waals surface area contributed by atoms with E-state index in [-0.39, 0.29) is 0 Å². The molecule has 0 unspecified atom stereocenters. The summed E-state index contributed by atoms with van der Waals surface area (Å²) in [7, 11) is 0. The van der Waals surface area contributed by atoms with Crippen LogP contribution in [0.15, 0.2) is 54.6 Å². The Morgan fingerprint density at radius 2 is 1.90 bits per heavy atom. The summed E-state index contributed by atoms with van der Waals surface area (Å²) in [6.07, 6.45) is 4.04. The molecule has 1 aromatic heterocycles. The summed E-state index contributed by atoms with van der Waals surface area (Å²) < 4.78 is 1.86. The van der Waals surface area contributed by atoms with Crippen molar-refractivity contribution >= 4 is 17.1 Å². The molecule has 0 aliphatic rings. The largest absolute Gasteiger partial charge is 0.241 e.